The van der Waals surface area contributed by atoms with Crippen molar-refractivity contribution in [1.29, 1.82) is 0 Å². The van der Waals surface area contributed by atoms with Gasteiger partial charge in [0.15, 0.2) is 17.2 Å². The molecule has 0 heterocycles. The summed E-state index contributed by atoms with van der Waals surface area (Å²) in [5.74, 6) is -2.12. The van der Waals surface area contributed by atoms with Crippen molar-refractivity contribution in [2.45, 2.75) is 63.8 Å². The molecular weight excluding hydrogens is 473 g/mol. The van der Waals surface area contributed by atoms with Crippen molar-refractivity contribution < 1.29 is 46.8 Å². The van der Waals surface area contributed by atoms with E-state index in [9.17, 15) is 24.9 Å². The number of carbonyl (C=O) groups excluding carboxylic acids is 2. The van der Waals surface area contributed by atoms with Gasteiger partial charge in [0, 0.05) is 16.7 Å². The minimum absolute atomic E-state index is 0. The molecule has 0 unspecified atom stereocenters. The second-order valence-corrected chi connectivity index (χ2v) is 11.1. The largest absolute Gasteiger partial charge is 0.394 e. The molecule has 4 aliphatic rings. The van der Waals surface area contributed by atoms with Crippen LogP contribution in [-0.2, 0) is 20.0 Å². The molecule has 0 amide bonds. The summed E-state index contributed by atoms with van der Waals surface area (Å²) >= 11 is 0. The first-order valence-electron chi connectivity index (χ1n) is 10.8. The van der Waals surface area contributed by atoms with Crippen molar-refractivity contribution in [2.24, 2.45) is 28.6 Å². The van der Waals surface area contributed by atoms with Crippen LogP contribution in [0.25, 0.3) is 0 Å². The van der Waals surface area contributed by atoms with Crippen LogP contribution < -0.4 is 6.15 Å². The van der Waals surface area contributed by atoms with Gasteiger partial charge in [0.1, 0.15) is 12.2 Å². The van der Waals surface area contributed by atoms with Gasteiger partial charge in [0.25, 0.3) is 0 Å². The number of alkyl halides is 1. The smallest absolute Gasteiger partial charge is 0.390 e. The third-order valence-electron chi connectivity index (χ3n) is 8.79. The molecule has 0 aromatic carbocycles. The van der Waals surface area contributed by atoms with Gasteiger partial charge in [0.05, 0.1) is 6.10 Å². The number of allylic oxidation sites excluding steroid dienone is 4. The summed E-state index contributed by atoms with van der Waals surface area (Å²) in [7, 11) is -4.67. The number of hydrogen-bond acceptors (Lipinski definition) is 8. The molecule has 4 aliphatic carbocycles. The SMILES string of the molecule is C[C@@H]1C[C@H]2[C@@H]3CCC4=CC(=O)C=C[C@]4(C)[C@@]3(F)[C@@H](O)C[C@]2(C)[C@@]1(O)C(=O)CO.N.O=S(=O)(O)O. The van der Waals surface area contributed by atoms with Crippen LogP contribution in [0.2, 0.25) is 0 Å². The van der Waals surface area contributed by atoms with Crippen LogP contribution in [0.15, 0.2) is 23.8 Å². The van der Waals surface area contributed by atoms with Crippen molar-refractivity contribution in [2.75, 3.05) is 6.61 Å². The third-order valence-corrected chi connectivity index (χ3v) is 8.79. The first-order chi connectivity index (χ1) is 15.0. The molecular formula is C22H34FNO9S. The fourth-order valence-electron chi connectivity index (χ4n) is 7.26. The zero-order valence-electron chi connectivity index (χ0n) is 19.4. The number of ketones is 2. The molecule has 34 heavy (non-hydrogen) atoms. The molecule has 0 bridgehead atoms. The Bertz CT molecular complexity index is 1020. The van der Waals surface area contributed by atoms with E-state index in [0.29, 0.717) is 24.8 Å². The topological polar surface area (TPSA) is 204 Å². The van der Waals surface area contributed by atoms with Gasteiger partial charge in [-0.2, -0.15) is 8.42 Å². The molecule has 8 N–H and O–H groups in total. The molecule has 8 atom stereocenters. The Hall–Kier alpha value is -1.54. The van der Waals surface area contributed by atoms with Crippen LogP contribution in [0.4, 0.5) is 4.39 Å². The van der Waals surface area contributed by atoms with E-state index in [1.54, 1.807) is 26.8 Å². The maximum atomic E-state index is 16.9. The summed E-state index contributed by atoms with van der Waals surface area (Å²) in [5, 5.41) is 32.0. The van der Waals surface area contributed by atoms with Crippen LogP contribution >= 0.6 is 0 Å². The van der Waals surface area contributed by atoms with Gasteiger partial charge in [-0.05, 0) is 56.6 Å². The molecule has 10 nitrogen and oxygen atoms in total. The number of carbonyl (C=O) groups is 2. The van der Waals surface area contributed by atoms with E-state index < -0.39 is 62.8 Å². The van der Waals surface area contributed by atoms with Gasteiger partial charge in [0.2, 0.25) is 0 Å². The van der Waals surface area contributed by atoms with Crippen molar-refractivity contribution in [3.63, 3.8) is 0 Å². The lowest BCUT2D eigenvalue weighted by Gasteiger charge is -2.62. The predicted octanol–water partition coefficient (Wildman–Crippen LogP) is 1.40. The van der Waals surface area contributed by atoms with E-state index in [-0.39, 0.29) is 24.3 Å². The van der Waals surface area contributed by atoms with Gasteiger partial charge >= 0.3 is 10.4 Å². The summed E-state index contributed by atoms with van der Waals surface area (Å²) in [4.78, 5) is 24.4. The number of Topliss-reactive ketones (excluding diaryl/α,β-unsaturated/α-hetero) is 1. The van der Waals surface area contributed by atoms with E-state index in [0.717, 1.165) is 0 Å². The highest BCUT2D eigenvalue weighted by Gasteiger charge is 2.75. The average Bonchev–Trinajstić information content (AvgIpc) is 2.89. The van der Waals surface area contributed by atoms with Crippen molar-refractivity contribution in [3.05, 3.63) is 23.8 Å². The van der Waals surface area contributed by atoms with Gasteiger partial charge in [-0.1, -0.05) is 25.5 Å². The molecule has 12 heteroatoms. The summed E-state index contributed by atoms with van der Waals surface area (Å²) in [6.07, 6.45) is 4.44. The van der Waals surface area contributed by atoms with Gasteiger partial charge in [-0.15, -0.1) is 0 Å². The second kappa shape index (κ2) is 8.84. The van der Waals surface area contributed by atoms with E-state index in [1.807, 2.05) is 0 Å². The normalized spacial score (nSPS) is 45.0. The van der Waals surface area contributed by atoms with Crippen LogP contribution in [0.1, 0.15) is 46.5 Å². The van der Waals surface area contributed by atoms with Crippen molar-refractivity contribution >= 4 is 22.0 Å². The van der Waals surface area contributed by atoms with Crippen molar-refractivity contribution in [1.82, 2.24) is 6.15 Å². The number of hydrogen-bond donors (Lipinski definition) is 6. The van der Waals surface area contributed by atoms with Crippen molar-refractivity contribution in [3.8, 4) is 0 Å². The Morgan fingerprint density at radius 3 is 2.32 bits per heavy atom. The molecule has 0 aromatic rings. The third kappa shape index (κ3) is 3.89. The predicted molar refractivity (Wildman–Crippen MR) is 119 cm³/mol. The minimum atomic E-state index is -4.67. The molecule has 3 fully saturated rings. The fourth-order valence-corrected chi connectivity index (χ4v) is 7.26. The quantitative estimate of drug-likeness (QED) is 0.296. The standard InChI is InChI=1S/C22H29FO5.H3N.H2O4S/c1-12-8-16-15-5-4-13-9-14(25)6-7-19(13,2)21(15,23)17(26)10-20(16,3)22(12,28)18(27)11-24;;1-5(2,3)4/h6-7,9,12,15-17,24,26,28H,4-5,8,10-11H2,1-3H3;1H3;(H2,1,2,3,4)/t12-,15+,16+,17+,19+,20+,21+,22+;;/m1../s1. The number of rotatable bonds is 2. The van der Waals surface area contributed by atoms with Gasteiger partial charge < -0.3 is 21.5 Å². The van der Waals surface area contributed by atoms with Crippen LogP contribution in [0.3, 0.4) is 0 Å². The maximum Gasteiger partial charge on any atom is 0.394 e. The summed E-state index contributed by atoms with van der Waals surface area (Å²) in [6.45, 7) is 4.48. The average molecular weight is 508 g/mol. The maximum absolute atomic E-state index is 16.9. The van der Waals surface area contributed by atoms with Gasteiger partial charge in [-0.3, -0.25) is 18.7 Å². The molecule has 0 saturated heterocycles. The van der Waals surface area contributed by atoms with Crippen LogP contribution in [-0.4, -0.2) is 68.4 Å². The lowest BCUT2D eigenvalue weighted by Crippen LogP contribution is -2.69. The number of aliphatic hydroxyl groups is 3. The molecule has 4 rings (SSSR count). The second-order valence-electron chi connectivity index (χ2n) is 10.2. The Balaban J connectivity index is 0.000000619. The summed E-state index contributed by atoms with van der Waals surface area (Å²) in [5.41, 5.74) is -5.17. The molecule has 3 saturated carbocycles. The molecule has 0 radical (unpaired) electrons. The Kier molecular flexibility index (Phi) is 7.46. The summed E-state index contributed by atoms with van der Waals surface area (Å²) < 4.78 is 48.4. The molecule has 194 valence electrons. The first kappa shape index (κ1) is 28.7. The molecule has 0 aliphatic heterocycles. The highest BCUT2D eigenvalue weighted by atomic mass is 32.3. The van der Waals surface area contributed by atoms with E-state index in [4.69, 9.17) is 17.5 Å². The van der Waals surface area contributed by atoms with Crippen LogP contribution in [0.5, 0.6) is 0 Å². The van der Waals surface area contributed by atoms with E-state index in [2.05, 4.69) is 0 Å². The van der Waals surface area contributed by atoms with Crippen LogP contribution in [0, 0.1) is 28.6 Å². The van der Waals surface area contributed by atoms with Gasteiger partial charge in [-0.25, -0.2) is 4.39 Å². The molecule has 0 aromatic heterocycles. The number of aliphatic hydroxyl groups excluding tert-OH is 2. The highest BCUT2D eigenvalue weighted by molar-refractivity contribution is 7.79. The summed E-state index contributed by atoms with van der Waals surface area (Å²) in [6, 6.07) is 0. The lowest BCUT2D eigenvalue weighted by atomic mass is 9.44. The number of halogens is 1. The van der Waals surface area contributed by atoms with E-state index in [1.165, 1.54) is 12.2 Å². The first-order valence-corrected chi connectivity index (χ1v) is 12.2. The molecule has 0 spiro atoms. The fraction of sp³-hybridized carbons (Fsp3) is 0.727. The zero-order valence-corrected chi connectivity index (χ0v) is 20.3. The zero-order chi connectivity index (χ0) is 25.2. The minimum Gasteiger partial charge on any atom is -0.390 e. The van der Waals surface area contributed by atoms with E-state index >= 15 is 4.39 Å². The monoisotopic (exact) mass is 507 g/mol. The Labute approximate surface area is 198 Å². The highest BCUT2D eigenvalue weighted by Crippen LogP contribution is 2.70. The lowest BCUT2D eigenvalue weighted by molar-refractivity contribution is -0.219. The Morgan fingerprint density at radius 1 is 1.24 bits per heavy atom. The Morgan fingerprint density at radius 2 is 1.79 bits per heavy atom. The number of fused-ring (bicyclic) bond motifs is 5.